The molecule has 0 heterocycles. The molecule has 1 aliphatic rings. The van der Waals surface area contributed by atoms with Crippen molar-refractivity contribution >= 4 is 0 Å². The Morgan fingerprint density at radius 1 is 1.29 bits per heavy atom. The quantitative estimate of drug-likeness (QED) is 0.819. The van der Waals surface area contributed by atoms with Crippen LogP contribution < -0.4 is 5.32 Å². The van der Waals surface area contributed by atoms with Crippen molar-refractivity contribution < 1.29 is 5.11 Å². The fourth-order valence-electron chi connectivity index (χ4n) is 2.44. The van der Waals surface area contributed by atoms with Crippen molar-refractivity contribution in [2.24, 2.45) is 0 Å². The minimum atomic E-state index is -0.230. The van der Waals surface area contributed by atoms with Crippen LogP contribution in [0.25, 0.3) is 0 Å². The third-order valence-electron chi connectivity index (χ3n) is 3.75. The zero-order valence-electron chi connectivity index (χ0n) is 10.9. The third-order valence-corrected chi connectivity index (χ3v) is 3.75. The largest absolute Gasteiger partial charge is 0.392 e. The Morgan fingerprint density at radius 2 is 2.06 bits per heavy atom. The number of rotatable bonds is 5. The van der Waals surface area contributed by atoms with Crippen LogP contribution >= 0.6 is 0 Å². The monoisotopic (exact) mass is 233 g/mol. The summed E-state index contributed by atoms with van der Waals surface area (Å²) in [6, 6.07) is 7.15. The lowest BCUT2D eigenvalue weighted by Crippen LogP contribution is -2.28. The van der Waals surface area contributed by atoms with Crippen LogP contribution in [0.1, 0.15) is 49.4 Å². The van der Waals surface area contributed by atoms with E-state index < -0.39 is 0 Å². The van der Waals surface area contributed by atoms with E-state index in [-0.39, 0.29) is 6.10 Å². The van der Waals surface area contributed by atoms with Gasteiger partial charge in [-0.25, -0.2) is 0 Å². The summed E-state index contributed by atoms with van der Waals surface area (Å²) in [5.41, 5.74) is 4.38. The first-order valence-corrected chi connectivity index (χ1v) is 6.74. The molecule has 0 bridgehead atoms. The molecule has 2 unspecified atom stereocenters. The average molecular weight is 233 g/mol. The molecule has 2 nitrogen and oxygen atoms in total. The van der Waals surface area contributed by atoms with Gasteiger partial charge in [-0.15, -0.1) is 0 Å². The summed E-state index contributed by atoms with van der Waals surface area (Å²) in [6.07, 6.45) is 4.35. The maximum absolute atomic E-state index is 9.55. The van der Waals surface area contributed by atoms with E-state index in [2.05, 4.69) is 30.4 Å². The van der Waals surface area contributed by atoms with Crippen LogP contribution in [0.3, 0.4) is 0 Å². The lowest BCUT2D eigenvalue weighted by Gasteiger charge is -2.17. The van der Waals surface area contributed by atoms with Crippen LogP contribution in [0.15, 0.2) is 18.2 Å². The van der Waals surface area contributed by atoms with E-state index in [1.165, 1.54) is 36.0 Å². The summed E-state index contributed by atoms with van der Waals surface area (Å²) in [5.74, 6) is 0. The van der Waals surface area contributed by atoms with Gasteiger partial charge in [0.15, 0.2) is 0 Å². The number of aryl methyl sites for hydroxylation is 2. The molecule has 2 heteroatoms. The number of hydrogen-bond donors (Lipinski definition) is 2. The fourth-order valence-corrected chi connectivity index (χ4v) is 2.44. The van der Waals surface area contributed by atoms with Crippen LogP contribution in [0.4, 0.5) is 0 Å². The molecule has 17 heavy (non-hydrogen) atoms. The van der Waals surface area contributed by atoms with E-state index in [4.69, 9.17) is 0 Å². The van der Waals surface area contributed by atoms with Gasteiger partial charge >= 0.3 is 0 Å². The molecule has 0 spiro atoms. The first-order chi connectivity index (χ1) is 8.20. The van der Waals surface area contributed by atoms with Crippen molar-refractivity contribution in [3.05, 3.63) is 34.9 Å². The van der Waals surface area contributed by atoms with Crippen molar-refractivity contribution in [1.29, 1.82) is 0 Å². The van der Waals surface area contributed by atoms with E-state index in [0.29, 0.717) is 12.6 Å². The second-order valence-electron chi connectivity index (χ2n) is 5.07. The molecule has 0 radical (unpaired) electrons. The molecule has 2 rings (SSSR count). The summed E-state index contributed by atoms with van der Waals surface area (Å²) >= 11 is 0. The van der Waals surface area contributed by atoms with E-state index in [1.54, 1.807) is 0 Å². The zero-order valence-corrected chi connectivity index (χ0v) is 10.9. The van der Waals surface area contributed by atoms with Crippen LogP contribution in [0.5, 0.6) is 0 Å². The van der Waals surface area contributed by atoms with E-state index in [1.807, 2.05) is 6.92 Å². The van der Waals surface area contributed by atoms with Crippen LogP contribution in [-0.2, 0) is 12.8 Å². The lowest BCUT2D eigenvalue weighted by atomic mass is 10.0. The minimum Gasteiger partial charge on any atom is -0.392 e. The van der Waals surface area contributed by atoms with Gasteiger partial charge in [0.25, 0.3) is 0 Å². The maximum atomic E-state index is 9.55. The van der Waals surface area contributed by atoms with Crippen molar-refractivity contribution in [2.75, 3.05) is 6.54 Å². The minimum absolute atomic E-state index is 0.230. The van der Waals surface area contributed by atoms with Crippen LogP contribution in [0.2, 0.25) is 0 Å². The Morgan fingerprint density at radius 3 is 2.82 bits per heavy atom. The molecule has 94 valence electrons. The summed E-state index contributed by atoms with van der Waals surface area (Å²) in [4.78, 5) is 0. The number of aliphatic hydroxyl groups excluding tert-OH is 1. The second-order valence-corrected chi connectivity index (χ2v) is 5.07. The van der Waals surface area contributed by atoms with Gasteiger partial charge in [0.05, 0.1) is 6.10 Å². The van der Waals surface area contributed by atoms with E-state index >= 15 is 0 Å². The highest BCUT2D eigenvalue weighted by Crippen LogP contribution is 2.25. The van der Waals surface area contributed by atoms with Crippen LogP contribution in [-0.4, -0.2) is 17.8 Å². The molecule has 0 aliphatic heterocycles. The van der Waals surface area contributed by atoms with E-state index in [9.17, 15) is 5.11 Å². The van der Waals surface area contributed by atoms with Gasteiger partial charge in [-0.05, 0) is 49.3 Å². The molecule has 0 amide bonds. The SMILES string of the molecule is CCC(O)CNC(C)c1ccc2c(c1)CCC2. The summed E-state index contributed by atoms with van der Waals surface area (Å²) < 4.78 is 0. The molecular weight excluding hydrogens is 210 g/mol. The highest BCUT2D eigenvalue weighted by Gasteiger charge is 2.13. The molecule has 1 aromatic rings. The maximum Gasteiger partial charge on any atom is 0.0662 e. The molecule has 0 saturated carbocycles. The standard InChI is InChI=1S/C15H23NO/c1-3-15(17)10-16-11(2)13-8-7-12-5-4-6-14(12)9-13/h7-9,11,15-17H,3-6,10H2,1-2H3. The van der Waals surface area contributed by atoms with Gasteiger partial charge in [-0.1, -0.05) is 25.1 Å². The van der Waals surface area contributed by atoms with Crippen molar-refractivity contribution in [3.63, 3.8) is 0 Å². The fraction of sp³-hybridized carbons (Fsp3) is 0.600. The molecule has 2 N–H and O–H groups in total. The van der Waals surface area contributed by atoms with Crippen molar-refractivity contribution in [3.8, 4) is 0 Å². The number of benzene rings is 1. The third kappa shape index (κ3) is 3.08. The van der Waals surface area contributed by atoms with Crippen molar-refractivity contribution in [2.45, 2.75) is 51.7 Å². The van der Waals surface area contributed by atoms with Gasteiger partial charge in [-0.3, -0.25) is 0 Å². The molecular formula is C15H23NO. The van der Waals surface area contributed by atoms with Gasteiger partial charge < -0.3 is 10.4 Å². The molecule has 0 saturated heterocycles. The number of fused-ring (bicyclic) bond motifs is 1. The predicted molar refractivity (Wildman–Crippen MR) is 71.2 cm³/mol. The predicted octanol–water partition coefficient (Wildman–Crippen LogP) is 2.60. The van der Waals surface area contributed by atoms with Gasteiger partial charge in [0.2, 0.25) is 0 Å². The molecule has 2 atom stereocenters. The van der Waals surface area contributed by atoms with Gasteiger partial charge in [0, 0.05) is 12.6 Å². The normalized spacial score (nSPS) is 17.8. The lowest BCUT2D eigenvalue weighted by molar-refractivity contribution is 0.164. The highest BCUT2D eigenvalue weighted by atomic mass is 16.3. The number of aliphatic hydroxyl groups is 1. The molecule has 0 aromatic heterocycles. The Kier molecular flexibility index (Phi) is 4.19. The Labute approximate surface area is 104 Å². The molecule has 0 fully saturated rings. The summed E-state index contributed by atoms with van der Waals surface area (Å²) in [6.45, 7) is 4.85. The van der Waals surface area contributed by atoms with Gasteiger partial charge in [-0.2, -0.15) is 0 Å². The second kappa shape index (κ2) is 5.65. The van der Waals surface area contributed by atoms with E-state index in [0.717, 1.165) is 6.42 Å². The molecule has 1 aliphatic carbocycles. The average Bonchev–Trinajstić information content (AvgIpc) is 2.82. The number of nitrogens with one attached hydrogen (secondary N) is 1. The topological polar surface area (TPSA) is 32.3 Å². The highest BCUT2D eigenvalue weighted by molar-refractivity contribution is 5.36. The first-order valence-electron chi connectivity index (χ1n) is 6.74. The van der Waals surface area contributed by atoms with Gasteiger partial charge in [0.1, 0.15) is 0 Å². The number of hydrogen-bond acceptors (Lipinski definition) is 2. The smallest absolute Gasteiger partial charge is 0.0662 e. The zero-order chi connectivity index (χ0) is 12.3. The summed E-state index contributed by atoms with van der Waals surface area (Å²) in [5, 5.41) is 12.9. The first kappa shape index (κ1) is 12.6. The Bertz CT molecular complexity index is 375. The van der Waals surface area contributed by atoms with Crippen molar-refractivity contribution in [1.82, 2.24) is 5.32 Å². The Hall–Kier alpha value is -0.860. The summed E-state index contributed by atoms with van der Waals surface area (Å²) in [7, 11) is 0. The van der Waals surface area contributed by atoms with Crippen LogP contribution in [0, 0.1) is 0 Å². The molecule has 1 aromatic carbocycles. The Balaban J connectivity index is 1.97.